The Balaban J connectivity index is 2.08. The third kappa shape index (κ3) is 3.64. The highest BCUT2D eigenvalue weighted by Crippen LogP contribution is 2.03. The summed E-state index contributed by atoms with van der Waals surface area (Å²) in [5.74, 6) is -0.152. The molecule has 0 bridgehead atoms. The summed E-state index contributed by atoms with van der Waals surface area (Å²) < 4.78 is 0. The van der Waals surface area contributed by atoms with E-state index in [4.69, 9.17) is 16.0 Å². The van der Waals surface area contributed by atoms with Crippen LogP contribution in [0.4, 0.5) is 0 Å². The van der Waals surface area contributed by atoms with Crippen LogP contribution in [0.1, 0.15) is 11.1 Å². The largest absolute Gasteiger partial charge is 0.390 e. The summed E-state index contributed by atoms with van der Waals surface area (Å²) in [4.78, 5) is 9.20. The lowest BCUT2D eigenvalue weighted by molar-refractivity contribution is 0.131. The van der Waals surface area contributed by atoms with Crippen LogP contribution in [0.25, 0.3) is 0 Å². The maximum atomic E-state index is 7.51. The molecular formula is C14H14N4O. The zero-order valence-electron chi connectivity index (χ0n) is 10.3. The summed E-state index contributed by atoms with van der Waals surface area (Å²) >= 11 is 0. The molecule has 5 heteroatoms. The topological polar surface area (TPSA) is 84.4 Å². The first-order valence-electron chi connectivity index (χ1n) is 5.76. The fraction of sp³-hybridized carbons (Fsp3) is 0.0714. The van der Waals surface area contributed by atoms with Gasteiger partial charge in [0.05, 0.1) is 0 Å². The maximum Gasteiger partial charge on any atom is 0.153 e. The summed E-state index contributed by atoms with van der Waals surface area (Å²) in [6, 6.07) is 13.2. The van der Waals surface area contributed by atoms with Crippen molar-refractivity contribution in [2.45, 2.75) is 6.61 Å². The number of pyridine rings is 1. The van der Waals surface area contributed by atoms with Gasteiger partial charge in [-0.15, -0.1) is 0 Å². The minimum Gasteiger partial charge on any atom is -0.390 e. The van der Waals surface area contributed by atoms with Crippen LogP contribution in [0.2, 0.25) is 0 Å². The molecule has 0 fully saturated rings. The average molecular weight is 254 g/mol. The van der Waals surface area contributed by atoms with E-state index in [1.165, 1.54) is 0 Å². The van der Waals surface area contributed by atoms with E-state index in [-0.39, 0.29) is 11.5 Å². The van der Waals surface area contributed by atoms with E-state index in [0.29, 0.717) is 12.2 Å². The van der Waals surface area contributed by atoms with Gasteiger partial charge >= 0.3 is 0 Å². The van der Waals surface area contributed by atoms with Crippen molar-refractivity contribution in [2.24, 2.45) is 10.9 Å². The van der Waals surface area contributed by atoms with Crippen LogP contribution >= 0.6 is 0 Å². The molecule has 0 aliphatic rings. The summed E-state index contributed by atoms with van der Waals surface area (Å²) in [5, 5.41) is 11.4. The molecule has 0 radical (unpaired) electrons. The zero-order chi connectivity index (χ0) is 13.5. The minimum absolute atomic E-state index is 0.152. The first-order valence-corrected chi connectivity index (χ1v) is 5.76. The zero-order valence-corrected chi connectivity index (χ0v) is 10.3. The molecule has 0 saturated heterocycles. The quantitative estimate of drug-likeness (QED) is 0.486. The van der Waals surface area contributed by atoms with E-state index in [1.54, 1.807) is 24.5 Å². The molecule has 1 aromatic heterocycles. The molecule has 2 aromatic rings. The van der Waals surface area contributed by atoms with Crippen molar-refractivity contribution in [3.63, 3.8) is 0 Å². The Morgan fingerprint density at radius 2 is 2.00 bits per heavy atom. The Kier molecular flexibility index (Phi) is 4.23. The van der Waals surface area contributed by atoms with Crippen molar-refractivity contribution in [1.29, 1.82) is 5.41 Å². The number of rotatable bonds is 5. The molecule has 3 N–H and O–H groups in total. The molecule has 5 nitrogen and oxygen atoms in total. The van der Waals surface area contributed by atoms with Crippen LogP contribution in [0, 0.1) is 5.41 Å². The molecule has 0 amide bonds. The Morgan fingerprint density at radius 3 is 2.63 bits per heavy atom. The minimum atomic E-state index is -0.152. The fourth-order valence-electron chi connectivity index (χ4n) is 1.51. The molecule has 0 unspecified atom stereocenters. The van der Waals surface area contributed by atoms with Gasteiger partial charge in [-0.05, 0) is 17.7 Å². The summed E-state index contributed by atoms with van der Waals surface area (Å²) in [6.07, 6.45) is 3.23. The number of aromatic nitrogens is 1. The van der Waals surface area contributed by atoms with Crippen LogP contribution in [-0.2, 0) is 11.4 Å². The Hall–Kier alpha value is -2.69. The molecule has 96 valence electrons. The first kappa shape index (κ1) is 12.8. The van der Waals surface area contributed by atoms with Gasteiger partial charge in [-0.25, -0.2) is 0 Å². The third-order valence-electron chi connectivity index (χ3n) is 2.42. The van der Waals surface area contributed by atoms with Gasteiger partial charge in [0, 0.05) is 18.0 Å². The smallest absolute Gasteiger partial charge is 0.153 e. The Bertz CT molecular complexity index is 567. The van der Waals surface area contributed by atoms with E-state index < -0.39 is 0 Å². The van der Waals surface area contributed by atoms with Gasteiger partial charge in [0.15, 0.2) is 5.71 Å². The van der Waals surface area contributed by atoms with Crippen molar-refractivity contribution >= 4 is 11.5 Å². The maximum absolute atomic E-state index is 7.51. The van der Waals surface area contributed by atoms with Gasteiger partial charge < -0.3 is 10.6 Å². The third-order valence-corrected chi connectivity index (χ3v) is 2.42. The van der Waals surface area contributed by atoms with Crippen molar-refractivity contribution in [3.8, 4) is 0 Å². The lowest BCUT2D eigenvalue weighted by atomic mass is 10.2. The van der Waals surface area contributed by atoms with Gasteiger partial charge in [-0.2, -0.15) is 0 Å². The van der Waals surface area contributed by atoms with E-state index in [9.17, 15) is 0 Å². The van der Waals surface area contributed by atoms with Gasteiger partial charge in [-0.3, -0.25) is 10.4 Å². The molecule has 2 rings (SSSR count). The Labute approximate surface area is 111 Å². The SMILES string of the molecule is N=C(N)/C(=N\OCc1ccccc1)c1cccnc1. The number of nitrogens with one attached hydrogen (secondary N) is 1. The molecular weight excluding hydrogens is 240 g/mol. The molecule has 1 aromatic carbocycles. The average Bonchev–Trinajstić information content (AvgIpc) is 2.45. The van der Waals surface area contributed by atoms with Crippen molar-refractivity contribution in [3.05, 3.63) is 66.0 Å². The fourth-order valence-corrected chi connectivity index (χ4v) is 1.51. The number of oxime groups is 1. The van der Waals surface area contributed by atoms with E-state index in [1.807, 2.05) is 30.3 Å². The standard InChI is InChI=1S/C14H14N4O/c15-14(16)13(12-7-4-8-17-9-12)18-19-10-11-5-2-1-3-6-11/h1-9H,10H2,(H3,15,16)/b18-13-. The summed E-state index contributed by atoms with van der Waals surface area (Å²) in [6.45, 7) is 0.331. The summed E-state index contributed by atoms with van der Waals surface area (Å²) in [5.41, 5.74) is 7.43. The molecule has 19 heavy (non-hydrogen) atoms. The number of nitrogens with zero attached hydrogens (tertiary/aromatic N) is 2. The number of hydrogen-bond acceptors (Lipinski definition) is 4. The predicted molar refractivity (Wildman–Crippen MR) is 73.9 cm³/mol. The molecule has 0 aliphatic carbocycles. The van der Waals surface area contributed by atoms with Crippen LogP contribution in [0.3, 0.4) is 0 Å². The molecule has 0 atom stereocenters. The van der Waals surface area contributed by atoms with Crippen molar-refractivity contribution in [1.82, 2.24) is 4.98 Å². The lowest BCUT2D eigenvalue weighted by Gasteiger charge is -2.05. The highest BCUT2D eigenvalue weighted by atomic mass is 16.6. The van der Waals surface area contributed by atoms with Crippen molar-refractivity contribution in [2.75, 3.05) is 0 Å². The highest BCUT2D eigenvalue weighted by molar-refractivity contribution is 6.45. The number of nitrogens with two attached hydrogens (primary N) is 1. The normalized spacial score (nSPS) is 11.1. The second kappa shape index (κ2) is 6.30. The number of hydrogen-bond donors (Lipinski definition) is 2. The van der Waals surface area contributed by atoms with E-state index in [2.05, 4.69) is 10.1 Å². The molecule has 1 heterocycles. The first-order chi connectivity index (χ1) is 9.27. The Morgan fingerprint density at radius 1 is 1.21 bits per heavy atom. The molecule has 0 saturated carbocycles. The van der Waals surface area contributed by atoms with Crippen LogP contribution in [0.5, 0.6) is 0 Å². The molecule has 0 aliphatic heterocycles. The van der Waals surface area contributed by atoms with Gasteiger partial charge in [-0.1, -0.05) is 35.5 Å². The van der Waals surface area contributed by atoms with Gasteiger partial charge in [0.1, 0.15) is 12.4 Å². The van der Waals surface area contributed by atoms with Crippen LogP contribution in [-0.4, -0.2) is 16.5 Å². The lowest BCUT2D eigenvalue weighted by Crippen LogP contribution is -2.24. The van der Waals surface area contributed by atoms with E-state index >= 15 is 0 Å². The van der Waals surface area contributed by atoms with Crippen molar-refractivity contribution < 1.29 is 4.84 Å². The van der Waals surface area contributed by atoms with E-state index in [0.717, 1.165) is 5.56 Å². The number of benzene rings is 1. The predicted octanol–water partition coefficient (Wildman–Crippen LogP) is 1.94. The van der Waals surface area contributed by atoms with Crippen LogP contribution in [0.15, 0.2) is 60.0 Å². The van der Waals surface area contributed by atoms with Gasteiger partial charge in [0.25, 0.3) is 0 Å². The second-order valence-electron chi connectivity index (χ2n) is 3.85. The number of amidine groups is 1. The summed E-state index contributed by atoms with van der Waals surface area (Å²) in [7, 11) is 0. The van der Waals surface area contributed by atoms with Crippen LogP contribution < -0.4 is 5.73 Å². The monoisotopic (exact) mass is 254 g/mol. The second-order valence-corrected chi connectivity index (χ2v) is 3.85. The van der Waals surface area contributed by atoms with Gasteiger partial charge in [0.2, 0.25) is 0 Å². The highest BCUT2D eigenvalue weighted by Gasteiger charge is 2.07. The molecule has 0 spiro atoms.